The molecule has 1 aromatic heterocycles. The number of ether oxygens (including phenoxy) is 1. The lowest BCUT2D eigenvalue weighted by Crippen LogP contribution is -2.28. The summed E-state index contributed by atoms with van der Waals surface area (Å²) in [5, 5.41) is 13.9. The first-order chi connectivity index (χ1) is 11.3. The fraction of sp³-hybridized carbons (Fsp3) is 0.421. The molecule has 0 radical (unpaired) electrons. The Bertz CT molecular complexity index is 570. The largest absolute Gasteiger partial charge is 0.387 e. The molecule has 0 bridgehead atoms. The normalized spacial score (nSPS) is 20.3. The van der Waals surface area contributed by atoms with Crippen molar-refractivity contribution in [1.29, 1.82) is 0 Å². The topological polar surface area (TPSA) is 54.4 Å². The van der Waals surface area contributed by atoms with E-state index in [-0.39, 0.29) is 6.04 Å². The third-order valence-corrected chi connectivity index (χ3v) is 4.44. The minimum absolute atomic E-state index is 0.236. The molecule has 2 aromatic rings. The zero-order valence-electron chi connectivity index (χ0n) is 13.3. The zero-order valence-corrected chi connectivity index (χ0v) is 13.3. The third kappa shape index (κ3) is 4.61. The molecule has 4 heteroatoms. The van der Waals surface area contributed by atoms with Crippen LogP contribution in [0.2, 0.25) is 0 Å². The van der Waals surface area contributed by atoms with Gasteiger partial charge in [0.05, 0.1) is 6.10 Å². The van der Waals surface area contributed by atoms with Crippen LogP contribution in [0.4, 0.5) is 0 Å². The average Bonchev–Trinajstić information content (AvgIpc) is 3.13. The van der Waals surface area contributed by atoms with Gasteiger partial charge in [-0.05, 0) is 42.0 Å². The Labute approximate surface area is 137 Å². The number of benzene rings is 1. The fourth-order valence-corrected chi connectivity index (χ4v) is 3.08. The van der Waals surface area contributed by atoms with Gasteiger partial charge in [0.25, 0.3) is 0 Å². The molecular weight excluding hydrogens is 288 g/mol. The molecule has 1 aromatic carbocycles. The SMILES string of the molecule is OC(CNC(CC1CCOC1)c1ccccc1)c1ccncc1. The lowest BCUT2D eigenvalue weighted by molar-refractivity contribution is 0.162. The van der Waals surface area contributed by atoms with Gasteiger partial charge in [0.2, 0.25) is 0 Å². The van der Waals surface area contributed by atoms with E-state index in [1.807, 2.05) is 18.2 Å². The van der Waals surface area contributed by atoms with Crippen LogP contribution in [-0.4, -0.2) is 29.8 Å². The lowest BCUT2D eigenvalue weighted by Gasteiger charge is -2.23. The molecule has 1 aliphatic rings. The number of rotatable bonds is 7. The maximum absolute atomic E-state index is 10.4. The Kier molecular flexibility index (Phi) is 5.75. The van der Waals surface area contributed by atoms with Crippen molar-refractivity contribution >= 4 is 0 Å². The molecule has 3 rings (SSSR count). The number of hydrogen-bond acceptors (Lipinski definition) is 4. The monoisotopic (exact) mass is 312 g/mol. The highest BCUT2D eigenvalue weighted by Crippen LogP contribution is 2.27. The van der Waals surface area contributed by atoms with Gasteiger partial charge < -0.3 is 15.2 Å². The number of aliphatic hydroxyl groups excluding tert-OH is 1. The summed E-state index contributed by atoms with van der Waals surface area (Å²) in [4.78, 5) is 3.99. The molecule has 23 heavy (non-hydrogen) atoms. The molecule has 4 nitrogen and oxygen atoms in total. The van der Waals surface area contributed by atoms with Crippen molar-refractivity contribution in [2.24, 2.45) is 5.92 Å². The smallest absolute Gasteiger partial charge is 0.0915 e. The summed E-state index contributed by atoms with van der Waals surface area (Å²) in [6.45, 7) is 2.24. The molecule has 0 aliphatic carbocycles. The molecule has 1 aliphatic heterocycles. The van der Waals surface area contributed by atoms with E-state index in [1.54, 1.807) is 12.4 Å². The van der Waals surface area contributed by atoms with Gasteiger partial charge in [0.1, 0.15) is 0 Å². The van der Waals surface area contributed by atoms with Crippen LogP contribution >= 0.6 is 0 Å². The minimum atomic E-state index is -0.524. The lowest BCUT2D eigenvalue weighted by atomic mass is 9.94. The molecular formula is C19H24N2O2. The van der Waals surface area contributed by atoms with Crippen LogP contribution < -0.4 is 5.32 Å². The van der Waals surface area contributed by atoms with Crippen LogP contribution in [0, 0.1) is 5.92 Å². The van der Waals surface area contributed by atoms with Gasteiger partial charge in [-0.25, -0.2) is 0 Å². The third-order valence-electron chi connectivity index (χ3n) is 4.44. The highest BCUT2D eigenvalue weighted by Gasteiger charge is 2.22. The molecule has 0 amide bonds. The Morgan fingerprint density at radius 3 is 2.61 bits per heavy atom. The van der Waals surface area contributed by atoms with Crippen molar-refractivity contribution in [2.75, 3.05) is 19.8 Å². The van der Waals surface area contributed by atoms with Gasteiger partial charge in [-0.2, -0.15) is 0 Å². The summed E-state index contributed by atoms with van der Waals surface area (Å²) >= 11 is 0. The second-order valence-corrected chi connectivity index (χ2v) is 6.13. The first-order valence-corrected chi connectivity index (χ1v) is 8.27. The summed E-state index contributed by atoms with van der Waals surface area (Å²) < 4.78 is 5.50. The highest BCUT2D eigenvalue weighted by molar-refractivity contribution is 5.19. The second kappa shape index (κ2) is 8.20. The molecule has 0 spiro atoms. The molecule has 1 saturated heterocycles. The van der Waals surface area contributed by atoms with Gasteiger partial charge in [-0.1, -0.05) is 30.3 Å². The van der Waals surface area contributed by atoms with Crippen LogP contribution in [0.25, 0.3) is 0 Å². The molecule has 1 fully saturated rings. The quantitative estimate of drug-likeness (QED) is 0.825. The van der Waals surface area contributed by atoms with Crippen molar-refractivity contribution in [1.82, 2.24) is 10.3 Å². The van der Waals surface area contributed by atoms with Crippen LogP contribution in [0.3, 0.4) is 0 Å². The highest BCUT2D eigenvalue weighted by atomic mass is 16.5. The fourth-order valence-electron chi connectivity index (χ4n) is 3.08. The molecule has 0 saturated carbocycles. The summed E-state index contributed by atoms with van der Waals surface area (Å²) in [6, 6.07) is 14.4. The number of nitrogens with one attached hydrogen (secondary N) is 1. The maximum Gasteiger partial charge on any atom is 0.0915 e. The van der Waals surface area contributed by atoms with Gasteiger partial charge in [-0.15, -0.1) is 0 Å². The first kappa shape index (κ1) is 16.1. The Balaban J connectivity index is 1.63. The van der Waals surface area contributed by atoms with Gasteiger partial charge >= 0.3 is 0 Å². The van der Waals surface area contributed by atoms with E-state index in [0.29, 0.717) is 12.5 Å². The predicted octanol–water partition coefficient (Wildman–Crippen LogP) is 2.87. The standard InChI is InChI=1S/C19H24N2O2/c22-19(17-6-9-20-10-7-17)13-21-18(12-15-8-11-23-14-15)16-4-2-1-3-5-16/h1-7,9-10,15,18-19,21-22H,8,11-14H2. The summed E-state index contributed by atoms with van der Waals surface area (Å²) in [6.07, 6.45) is 5.06. The van der Waals surface area contributed by atoms with Gasteiger partial charge in [-0.3, -0.25) is 4.98 Å². The van der Waals surface area contributed by atoms with Crippen molar-refractivity contribution in [2.45, 2.75) is 25.0 Å². The second-order valence-electron chi connectivity index (χ2n) is 6.13. The number of hydrogen-bond donors (Lipinski definition) is 2. The predicted molar refractivity (Wildman–Crippen MR) is 89.9 cm³/mol. The maximum atomic E-state index is 10.4. The molecule has 2 N–H and O–H groups in total. The van der Waals surface area contributed by atoms with E-state index in [9.17, 15) is 5.11 Å². The minimum Gasteiger partial charge on any atom is -0.387 e. The number of aliphatic hydroxyl groups is 1. The van der Waals surface area contributed by atoms with E-state index >= 15 is 0 Å². The molecule has 3 atom stereocenters. The van der Waals surface area contributed by atoms with Crippen molar-refractivity contribution < 1.29 is 9.84 Å². The van der Waals surface area contributed by atoms with Crippen LogP contribution in [0.15, 0.2) is 54.9 Å². The molecule has 122 valence electrons. The Morgan fingerprint density at radius 1 is 1.13 bits per heavy atom. The van der Waals surface area contributed by atoms with E-state index in [4.69, 9.17) is 4.74 Å². The Hall–Kier alpha value is -1.75. The number of aromatic nitrogens is 1. The summed E-state index contributed by atoms with van der Waals surface area (Å²) in [5.41, 5.74) is 2.16. The van der Waals surface area contributed by atoms with Crippen molar-refractivity contribution in [3.05, 3.63) is 66.0 Å². The van der Waals surface area contributed by atoms with Crippen LogP contribution in [0.5, 0.6) is 0 Å². The zero-order chi connectivity index (χ0) is 15.9. The number of nitrogens with zero attached hydrogens (tertiary/aromatic N) is 1. The average molecular weight is 312 g/mol. The number of pyridine rings is 1. The van der Waals surface area contributed by atoms with Crippen molar-refractivity contribution in [3.63, 3.8) is 0 Å². The Morgan fingerprint density at radius 2 is 1.91 bits per heavy atom. The van der Waals surface area contributed by atoms with Crippen LogP contribution in [-0.2, 0) is 4.74 Å². The van der Waals surface area contributed by atoms with Crippen LogP contribution in [0.1, 0.15) is 36.1 Å². The van der Waals surface area contributed by atoms with E-state index in [0.717, 1.165) is 31.6 Å². The summed E-state index contributed by atoms with van der Waals surface area (Å²) in [7, 11) is 0. The van der Waals surface area contributed by atoms with Crippen molar-refractivity contribution in [3.8, 4) is 0 Å². The molecule has 2 heterocycles. The van der Waals surface area contributed by atoms with Gasteiger partial charge in [0, 0.05) is 38.2 Å². The van der Waals surface area contributed by atoms with E-state index in [1.165, 1.54) is 5.56 Å². The van der Waals surface area contributed by atoms with E-state index in [2.05, 4.69) is 34.6 Å². The van der Waals surface area contributed by atoms with Gasteiger partial charge in [0.15, 0.2) is 0 Å². The first-order valence-electron chi connectivity index (χ1n) is 8.27. The molecule has 3 unspecified atom stereocenters. The van der Waals surface area contributed by atoms with E-state index < -0.39 is 6.10 Å². The summed E-state index contributed by atoms with van der Waals surface area (Å²) in [5.74, 6) is 0.589.